The molecule has 0 saturated heterocycles. The quantitative estimate of drug-likeness (QED) is 0.726. The number of hydrogen-bond donors (Lipinski definition) is 2. The zero-order chi connectivity index (χ0) is 16.1. The molecule has 126 valence electrons. The molecule has 0 unspecified atom stereocenters. The number of halogens is 2. The summed E-state index contributed by atoms with van der Waals surface area (Å²) in [4.78, 5) is 12.3. The van der Waals surface area contributed by atoms with Crippen molar-refractivity contribution in [2.75, 3.05) is 13.1 Å². The van der Waals surface area contributed by atoms with Crippen LogP contribution in [0.15, 0.2) is 34.8 Å². The van der Waals surface area contributed by atoms with Gasteiger partial charge in [-0.3, -0.25) is 4.79 Å². The van der Waals surface area contributed by atoms with Gasteiger partial charge >= 0.3 is 0 Å². The number of benzene rings is 1. The molecule has 0 fully saturated rings. The van der Waals surface area contributed by atoms with Crippen molar-refractivity contribution in [1.82, 2.24) is 9.88 Å². The zero-order valence-electron chi connectivity index (χ0n) is 13.4. The summed E-state index contributed by atoms with van der Waals surface area (Å²) in [7, 11) is 0. The first kappa shape index (κ1) is 19.7. The van der Waals surface area contributed by atoms with Gasteiger partial charge in [0.1, 0.15) is 0 Å². The highest BCUT2D eigenvalue weighted by atomic mass is 79.9. The minimum absolute atomic E-state index is 0. The Hall–Kier alpha value is -1.30. The van der Waals surface area contributed by atoms with Gasteiger partial charge in [-0.05, 0) is 67.4 Å². The summed E-state index contributed by atoms with van der Waals surface area (Å²) in [6, 6.07) is 9.94. The maximum absolute atomic E-state index is 12.3. The smallest absolute Gasteiger partial charge is 0.253 e. The molecule has 0 aliphatic heterocycles. The maximum Gasteiger partial charge on any atom is 0.253 e. The molecule has 0 atom stereocenters. The highest BCUT2D eigenvalue weighted by Gasteiger charge is 2.17. The molecule has 0 bridgehead atoms. The van der Waals surface area contributed by atoms with E-state index in [-0.39, 0.29) is 18.3 Å². The van der Waals surface area contributed by atoms with Crippen LogP contribution in [0.2, 0.25) is 0 Å². The second-order valence-electron chi connectivity index (χ2n) is 5.32. The Bertz CT molecular complexity index is 670. The summed E-state index contributed by atoms with van der Waals surface area (Å²) in [5.41, 5.74) is 9.21. The van der Waals surface area contributed by atoms with Crippen LogP contribution in [-0.4, -0.2) is 23.6 Å². The van der Waals surface area contributed by atoms with E-state index in [4.69, 9.17) is 5.73 Å². The molecule has 0 aliphatic rings. The summed E-state index contributed by atoms with van der Waals surface area (Å²) < 4.78 is 3.10. The van der Waals surface area contributed by atoms with E-state index in [1.165, 1.54) is 0 Å². The molecule has 0 aliphatic carbocycles. The van der Waals surface area contributed by atoms with Crippen molar-refractivity contribution in [3.8, 4) is 5.69 Å². The average molecular weight is 401 g/mol. The first-order valence-electron chi connectivity index (χ1n) is 7.48. The van der Waals surface area contributed by atoms with Crippen LogP contribution < -0.4 is 11.1 Å². The lowest BCUT2D eigenvalue weighted by Gasteiger charge is -2.12. The van der Waals surface area contributed by atoms with E-state index in [2.05, 4.69) is 25.8 Å². The Balaban J connectivity index is 0.00000264. The van der Waals surface area contributed by atoms with E-state index >= 15 is 0 Å². The van der Waals surface area contributed by atoms with Gasteiger partial charge in [-0.2, -0.15) is 0 Å². The summed E-state index contributed by atoms with van der Waals surface area (Å²) in [6.45, 7) is 5.31. The van der Waals surface area contributed by atoms with Crippen molar-refractivity contribution in [1.29, 1.82) is 0 Å². The second kappa shape index (κ2) is 9.11. The lowest BCUT2D eigenvalue weighted by molar-refractivity contribution is 0.0952. The first-order valence-corrected chi connectivity index (χ1v) is 8.27. The number of aryl methyl sites for hydroxylation is 1. The molecule has 1 amide bonds. The highest BCUT2D eigenvalue weighted by Crippen LogP contribution is 2.26. The van der Waals surface area contributed by atoms with E-state index in [0.29, 0.717) is 13.1 Å². The van der Waals surface area contributed by atoms with Crippen molar-refractivity contribution < 1.29 is 4.79 Å². The third kappa shape index (κ3) is 4.59. The second-order valence-corrected chi connectivity index (χ2v) is 6.18. The number of nitrogens with two attached hydrogens (primary N) is 1. The van der Waals surface area contributed by atoms with E-state index in [1.807, 2.05) is 44.2 Å². The molecule has 1 aromatic heterocycles. The van der Waals surface area contributed by atoms with E-state index in [1.54, 1.807) is 0 Å². The summed E-state index contributed by atoms with van der Waals surface area (Å²) in [5.74, 6) is -0.0246. The monoisotopic (exact) mass is 399 g/mol. The molecule has 6 heteroatoms. The third-order valence-electron chi connectivity index (χ3n) is 3.69. The van der Waals surface area contributed by atoms with Crippen LogP contribution in [0, 0.1) is 13.8 Å². The third-order valence-corrected chi connectivity index (χ3v) is 4.36. The van der Waals surface area contributed by atoms with Gasteiger partial charge in [0.25, 0.3) is 5.91 Å². The molecule has 3 N–H and O–H groups in total. The number of nitrogens with one attached hydrogen (secondary N) is 1. The summed E-state index contributed by atoms with van der Waals surface area (Å²) in [5, 5.41) is 2.96. The van der Waals surface area contributed by atoms with Crippen molar-refractivity contribution in [3.05, 3.63) is 51.8 Å². The van der Waals surface area contributed by atoms with Gasteiger partial charge in [0.05, 0.1) is 11.3 Å². The van der Waals surface area contributed by atoms with Crippen LogP contribution in [-0.2, 0) is 0 Å². The molecule has 23 heavy (non-hydrogen) atoms. The summed E-state index contributed by atoms with van der Waals surface area (Å²) >= 11 is 3.57. The van der Waals surface area contributed by atoms with Crippen LogP contribution in [0.25, 0.3) is 5.69 Å². The van der Waals surface area contributed by atoms with Gasteiger partial charge in [0.15, 0.2) is 0 Å². The Kier molecular flexibility index (Phi) is 7.82. The van der Waals surface area contributed by atoms with Gasteiger partial charge < -0.3 is 15.6 Å². The van der Waals surface area contributed by atoms with Crippen LogP contribution in [0.4, 0.5) is 0 Å². The van der Waals surface area contributed by atoms with Crippen molar-refractivity contribution in [2.45, 2.75) is 26.7 Å². The minimum atomic E-state index is -0.0246. The highest BCUT2D eigenvalue weighted by molar-refractivity contribution is 9.10. The Morgan fingerprint density at radius 2 is 1.96 bits per heavy atom. The standard InChI is InChI=1S/C17H22BrN3O.ClH/c1-12-11-14(17(22)20-10-6-5-9-19)13(2)21(12)16-8-4-3-7-15(16)18;/h3-4,7-8,11H,5-6,9-10,19H2,1-2H3,(H,20,22);1H. The Labute approximate surface area is 152 Å². The predicted molar refractivity (Wildman–Crippen MR) is 101 cm³/mol. The number of hydrogen-bond acceptors (Lipinski definition) is 2. The number of carbonyl (C=O) groups is 1. The number of para-hydroxylation sites is 1. The number of nitrogens with zero attached hydrogens (tertiary/aromatic N) is 1. The average Bonchev–Trinajstić information content (AvgIpc) is 2.79. The van der Waals surface area contributed by atoms with Gasteiger partial charge in [0.2, 0.25) is 0 Å². The van der Waals surface area contributed by atoms with Crippen molar-refractivity contribution in [2.24, 2.45) is 5.73 Å². The number of carbonyl (C=O) groups excluding carboxylic acids is 1. The van der Waals surface area contributed by atoms with E-state index < -0.39 is 0 Å². The first-order chi connectivity index (χ1) is 10.6. The van der Waals surface area contributed by atoms with Gasteiger partial charge in [-0.15, -0.1) is 12.4 Å². The van der Waals surface area contributed by atoms with Gasteiger partial charge in [0, 0.05) is 22.4 Å². The van der Waals surface area contributed by atoms with Crippen molar-refractivity contribution in [3.63, 3.8) is 0 Å². The summed E-state index contributed by atoms with van der Waals surface area (Å²) in [6.07, 6.45) is 1.83. The topological polar surface area (TPSA) is 60.1 Å². The molecule has 2 rings (SSSR count). The van der Waals surface area contributed by atoms with E-state index in [0.717, 1.165) is 40.0 Å². The fraction of sp³-hybridized carbons (Fsp3) is 0.353. The largest absolute Gasteiger partial charge is 0.352 e. The van der Waals surface area contributed by atoms with Crippen LogP contribution in [0.3, 0.4) is 0 Å². The molecular formula is C17H23BrClN3O. The lowest BCUT2D eigenvalue weighted by Crippen LogP contribution is -2.25. The SMILES string of the molecule is Cc1cc(C(=O)NCCCCN)c(C)n1-c1ccccc1Br.Cl. The molecule has 0 spiro atoms. The molecule has 0 saturated carbocycles. The van der Waals surface area contributed by atoms with Crippen LogP contribution >= 0.6 is 28.3 Å². The van der Waals surface area contributed by atoms with Crippen molar-refractivity contribution >= 4 is 34.2 Å². The molecular weight excluding hydrogens is 378 g/mol. The number of amides is 1. The minimum Gasteiger partial charge on any atom is -0.352 e. The Morgan fingerprint density at radius 1 is 1.26 bits per heavy atom. The predicted octanol–water partition coefficient (Wildman–Crippen LogP) is 3.75. The molecule has 1 heterocycles. The molecule has 2 aromatic rings. The normalized spacial score (nSPS) is 10.3. The van der Waals surface area contributed by atoms with Crippen LogP contribution in [0.1, 0.15) is 34.6 Å². The fourth-order valence-corrected chi connectivity index (χ4v) is 3.03. The lowest BCUT2D eigenvalue weighted by atomic mass is 10.2. The molecule has 4 nitrogen and oxygen atoms in total. The molecule has 1 aromatic carbocycles. The number of rotatable bonds is 6. The van der Waals surface area contributed by atoms with Gasteiger partial charge in [-0.25, -0.2) is 0 Å². The van der Waals surface area contributed by atoms with E-state index in [9.17, 15) is 4.79 Å². The number of aromatic nitrogens is 1. The van der Waals surface area contributed by atoms with Gasteiger partial charge in [-0.1, -0.05) is 12.1 Å². The fourth-order valence-electron chi connectivity index (χ4n) is 2.56. The zero-order valence-corrected chi connectivity index (χ0v) is 15.8. The Morgan fingerprint density at radius 3 is 2.61 bits per heavy atom. The number of unbranched alkanes of at least 4 members (excludes halogenated alkanes) is 1. The molecule has 0 radical (unpaired) electrons. The maximum atomic E-state index is 12.3. The van der Waals surface area contributed by atoms with Crippen LogP contribution in [0.5, 0.6) is 0 Å².